The van der Waals surface area contributed by atoms with Crippen LogP contribution in [0.1, 0.15) is 54.1 Å². The first-order chi connectivity index (χ1) is 9.60. The van der Waals surface area contributed by atoms with Gasteiger partial charge < -0.3 is 4.74 Å². The second-order valence-corrected chi connectivity index (χ2v) is 6.26. The van der Waals surface area contributed by atoms with Gasteiger partial charge in [-0.1, -0.05) is 11.6 Å². The summed E-state index contributed by atoms with van der Waals surface area (Å²) in [6, 6.07) is 1.71. The molecule has 6 heteroatoms. The molecular weight excluding hydrogens is 292 g/mol. The van der Waals surface area contributed by atoms with E-state index in [9.17, 15) is 9.59 Å². The van der Waals surface area contributed by atoms with Gasteiger partial charge in [-0.05, 0) is 39.3 Å². The number of aryl methyl sites for hydroxylation is 1. The highest BCUT2D eigenvalue weighted by Crippen LogP contribution is 2.25. The third-order valence-corrected chi connectivity index (χ3v) is 3.23. The van der Waals surface area contributed by atoms with Gasteiger partial charge in [0, 0.05) is 13.1 Å². The normalized spacial score (nSPS) is 11.7. The fourth-order valence-electron chi connectivity index (χ4n) is 1.95. The number of Topliss-reactive ketones (excluding diaryl/α,β-unsaturated/α-hetero) is 1. The van der Waals surface area contributed by atoms with Crippen molar-refractivity contribution in [2.75, 3.05) is 0 Å². The molecule has 0 fully saturated rings. The van der Waals surface area contributed by atoms with Gasteiger partial charge in [-0.25, -0.2) is 9.78 Å². The highest BCUT2D eigenvalue weighted by atomic mass is 35.5. The summed E-state index contributed by atoms with van der Waals surface area (Å²) < 4.78 is 6.88. The van der Waals surface area contributed by atoms with Gasteiger partial charge in [-0.15, -0.1) is 0 Å². The molecule has 0 saturated carbocycles. The third-order valence-electron chi connectivity index (χ3n) is 2.85. The molecule has 0 aliphatic rings. The van der Waals surface area contributed by atoms with Gasteiger partial charge >= 0.3 is 5.97 Å². The third kappa shape index (κ3) is 3.08. The maximum absolute atomic E-state index is 12.3. The summed E-state index contributed by atoms with van der Waals surface area (Å²) in [5, 5.41) is 0.194. The summed E-state index contributed by atoms with van der Waals surface area (Å²) in [4.78, 5) is 27.9. The smallest absolute Gasteiger partial charge is 0.342 e. The fraction of sp³-hybridized carbons (Fsp3) is 0.400. The van der Waals surface area contributed by atoms with Crippen LogP contribution in [0.15, 0.2) is 12.3 Å². The lowest BCUT2D eigenvalue weighted by Gasteiger charge is -2.20. The van der Waals surface area contributed by atoms with E-state index in [4.69, 9.17) is 16.3 Å². The number of carbonyl (C=O) groups is 2. The molecule has 2 aromatic rings. The maximum Gasteiger partial charge on any atom is 0.342 e. The molecule has 2 rings (SSSR count). The van der Waals surface area contributed by atoms with Crippen LogP contribution in [0.2, 0.25) is 5.15 Å². The van der Waals surface area contributed by atoms with Crippen LogP contribution in [0, 0.1) is 6.92 Å². The van der Waals surface area contributed by atoms with Gasteiger partial charge in [0.25, 0.3) is 0 Å². The number of pyridine rings is 1. The van der Waals surface area contributed by atoms with Crippen LogP contribution in [0.4, 0.5) is 0 Å². The molecule has 5 nitrogen and oxygen atoms in total. The summed E-state index contributed by atoms with van der Waals surface area (Å²) in [6.07, 6.45) is 1.52. The molecule has 0 aliphatic carbocycles. The molecule has 0 spiro atoms. The number of hydrogen-bond acceptors (Lipinski definition) is 4. The van der Waals surface area contributed by atoms with Crippen LogP contribution in [0.3, 0.4) is 0 Å². The maximum atomic E-state index is 12.3. The van der Waals surface area contributed by atoms with Crippen LogP contribution >= 0.6 is 11.6 Å². The molecule has 0 bridgehead atoms. The van der Waals surface area contributed by atoms with Crippen molar-refractivity contribution in [3.63, 3.8) is 0 Å². The minimum atomic E-state index is -0.610. The molecule has 0 N–H and O–H groups in total. The van der Waals surface area contributed by atoms with Crippen LogP contribution in [-0.2, 0) is 4.74 Å². The molecule has 21 heavy (non-hydrogen) atoms. The number of ether oxygens (including phenoxy) is 1. The Balaban J connectivity index is 2.59. The lowest BCUT2D eigenvalue weighted by molar-refractivity contribution is 0.00684. The van der Waals surface area contributed by atoms with Crippen molar-refractivity contribution in [1.29, 1.82) is 0 Å². The molecule has 0 saturated heterocycles. The predicted molar refractivity (Wildman–Crippen MR) is 80.1 cm³/mol. The highest BCUT2D eigenvalue weighted by molar-refractivity contribution is 6.33. The lowest BCUT2D eigenvalue weighted by Crippen LogP contribution is -2.25. The molecule has 2 heterocycles. The monoisotopic (exact) mass is 308 g/mol. The largest absolute Gasteiger partial charge is 0.456 e. The summed E-state index contributed by atoms with van der Waals surface area (Å²) >= 11 is 6.30. The van der Waals surface area contributed by atoms with E-state index in [1.54, 1.807) is 33.8 Å². The second kappa shape index (κ2) is 5.15. The number of esters is 1. The first kappa shape index (κ1) is 15.5. The summed E-state index contributed by atoms with van der Waals surface area (Å²) in [5.41, 5.74) is 1.16. The fourth-order valence-corrected chi connectivity index (χ4v) is 2.31. The first-order valence-corrected chi connectivity index (χ1v) is 6.90. The summed E-state index contributed by atoms with van der Waals surface area (Å²) in [6.45, 7) is 8.55. The Hall–Kier alpha value is -1.88. The van der Waals surface area contributed by atoms with E-state index in [1.807, 2.05) is 0 Å². The molecular formula is C15H17ClN2O3. The molecule has 0 atom stereocenters. The average Bonchev–Trinajstić information content (AvgIpc) is 2.70. The van der Waals surface area contributed by atoms with Crippen molar-refractivity contribution in [2.24, 2.45) is 0 Å². The van der Waals surface area contributed by atoms with Gasteiger partial charge in [0.1, 0.15) is 22.1 Å². The molecule has 112 valence electrons. The number of halogens is 1. The zero-order valence-electron chi connectivity index (χ0n) is 12.7. The highest BCUT2D eigenvalue weighted by Gasteiger charge is 2.24. The van der Waals surface area contributed by atoms with Gasteiger partial charge in [0.15, 0.2) is 5.78 Å². The molecule has 0 radical (unpaired) electrons. The van der Waals surface area contributed by atoms with Crippen LogP contribution in [-0.4, -0.2) is 26.7 Å². The number of carbonyl (C=O) groups excluding carboxylic acids is 2. The van der Waals surface area contributed by atoms with E-state index in [0.29, 0.717) is 16.9 Å². The van der Waals surface area contributed by atoms with Crippen LogP contribution < -0.4 is 0 Å². The summed E-state index contributed by atoms with van der Waals surface area (Å²) in [7, 11) is 0. The Bertz CT molecular complexity index is 741. The Labute approximate surface area is 127 Å². The SMILES string of the molecule is CC(=O)c1cn2c(Cl)c(C(=O)OC(C)(C)C)c(C)cc2n1. The second-order valence-electron chi connectivity index (χ2n) is 5.91. The number of nitrogens with zero attached hydrogens (tertiary/aromatic N) is 2. The van der Waals surface area contributed by atoms with E-state index in [-0.39, 0.29) is 16.5 Å². The molecule has 2 aromatic heterocycles. The topological polar surface area (TPSA) is 60.7 Å². The Morgan fingerprint density at radius 3 is 2.48 bits per heavy atom. The van der Waals surface area contributed by atoms with Gasteiger partial charge in [-0.2, -0.15) is 0 Å². The molecule has 0 amide bonds. The quantitative estimate of drug-likeness (QED) is 0.484. The Morgan fingerprint density at radius 1 is 1.33 bits per heavy atom. The minimum Gasteiger partial charge on any atom is -0.456 e. The van der Waals surface area contributed by atoms with E-state index in [2.05, 4.69) is 4.98 Å². The van der Waals surface area contributed by atoms with E-state index >= 15 is 0 Å². The number of hydrogen-bond donors (Lipinski definition) is 0. The number of fused-ring (bicyclic) bond motifs is 1. The summed E-state index contributed by atoms with van der Waals surface area (Å²) in [5.74, 6) is -0.656. The van der Waals surface area contributed by atoms with Crippen molar-refractivity contribution in [1.82, 2.24) is 9.38 Å². The van der Waals surface area contributed by atoms with E-state index < -0.39 is 11.6 Å². The van der Waals surface area contributed by atoms with E-state index in [0.717, 1.165) is 0 Å². The van der Waals surface area contributed by atoms with Gasteiger partial charge in [-0.3, -0.25) is 9.20 Å². The Morgan fingerprint density at radius 2 is 1.95 bits per heavy atom. The van der Waals surface area contributed by atoms with Crippen LogP contribution in [0.25, 0.3) is 5.65 Å². The van der Waals surface area contributed by atoms with Crippen molar-refractivity contribution >= 4 is 29.0 Å². The van der Waals surface area contributed by atoms with Crippen molar-refractivity contribution in [3.05, 3.63) is 34.2 Å². The average molecular weight is 309 g/mol. The zero-order valence-corrected chi connectivity index (χ0v) is 13.4. The molecule has 0 aliphatic heterocycles. The lowest BCUT2D eigenvalue weighted by atomic mass is 10.1. The predicted octanol–water partition coefficient (Wildman–Crippen LogP) is 3.45. The van der Waals surface area contributed by atoms with Crippen molar-refractivity contribution < 1.29 is 14.3 Å². The molecule has 0 aromatic carbocycles. The number of aromatic nitrogens is 2. The number of imidazole rings is 1. The number of ketones is 1. The van der Waals surface area contributed by atoms with Crippen molar-refractivity contribution in [3.8, 4) is 0 Å². The standard InChI is InChI=1S/C15H17ClN2O3/c1-8-6-11-17-10(9(2)19)7-18(11)13(16)12(8)14(20)21-15(3,4)5/h6-7H,1-5H3. The first-order valence-electron chi connectivity index (χ1n) is 6.52. The van der Waals surface area contributed by atoms with Gasteiger partial charge in [0.2, 0.25) is 0 Å². The van der Waals surface area contributed by atoms with Gasteiger partial charge in [0.05, 0.1) is 5.56 Å². The number of rotatable bonds is 2. The zero-order chi connectivity index (χ0) is 15.9. The van der Waals surface area contributed by atoms with Crippen LogP contribution in [0.5, 0.6) is 0 Å². The minimum absolute atomic E-state index is 0.161. The molecule has 0 unspecified atom stereocenters. The van der Waals surface area contributed by atoms with Crippen molar-refractivity contribution in [2.45, 2.75) is 40.2 Å². The Kier molecular flexibility index (Phi) is 3.80. The van der Waals surface area contributed by atoms with E-state index in [1.165, 1.54) is 17.5 Å².